The first-order valence-electron chi connectivity index (χ1n) is 7.42. The van der Waals surface area contributed by atoms with E-state index in [9.17, 15) is 4.39 Å². The van der Waals surface area contributed by atoms with Gasteiger partial charge in [0.15, 0.2) is 0 Å². The van der Waals surface area contributed by atoms with Gasteiger partial charge in [-0.05, 0) is 31.3 Å². The van der Waals surface area contributed by atoms with Crippen molar-refractivity contribution in [3.05, 3.63) is 64.2 Å². The molecule has 0 fully saturated rings. The molecule has 0 radical (unpaired) electrons. The minimum atomic E-state index is -0.315. The van der Waals surface area contributed by atoms with Gasteiger partial charge in [-0.15, -0.1) is 23.7 Å². The van der Waals surface area contributed by atoms with Crippen molar-refractivity contribution in [3.63, 3.8) is 0 Å². The molecule has 0 aliphatic rings. The number of nitrogens with one attached hydrogen (secondary N) is 1. The lowest BCUT2D eigenvalue weighted by molar-refractivity contribution is 0.198. The maximum atomic E-state index is 14.0. The molecular formula is C18H18Cl2FNOS. The molecule has 0 bridgehead atoms. The van der Waals surface area contributed by atoms with E-state index < -0.39 is 0 Å². The lowest BCUT2D eigenvalue weighted by Crippen LogP contribution is -2.16. The summed E-state index contributed by atoms with van der Waals surface area (Å²) >= 11 is 7.50. The first-order valence-corrected chi connectivity index (χ1v) is 8.68. The highest BCUT2D eigenvalue weighted by molar-refractivity contribution is 7.18. The predicted molar refractivity (Wildman–Crippen MR) is 102 cm³/mol. The van der Waals surface area contributed by atoms with Crippen LogP contribution in [-0.2, 0) is 0 Å². The van der Waals surface area contributed by atoms with E-state index in [4.69, 9.17) is 16.3 Å². The molecule has 0 spiro atoms. The van der Waals surface area contributed by atoms with Crippen molar-refractivity contribution in [2.75, 3.05) is 13.6 Å². The second-order valence-electron chi connectivity index (χ2n) is 5.24. The Kier molecular flexibility index (Phi) is 6.87. The van der Waals surface area contributed by atoms with E-state index >= 15 is 0 Å². The summed E-state index contributed by atoms with van der Waals surface area (Å²) in [5.74, 6) is 0.355. The number of hydrogen-bond acceptors (Lipinski definition) is 3. The summed E-state index contributed by atoms with van der Waals surface area (Å²) in [6.45, 7) is 0.828. The summed E-state index contributed by atoms with van der Waals surface area (Å²) in [6, 6.07) is 13.1. The molecule has 3 rings (SSSR count). The van der Waals surface area contributed by atoms with Crippen molar-refractivity contribution < 1.29 is 9.13 Å². The predicted octanol–water partition coefficient (Wildman–Crippen LogP) is 5.85. The van der Waals surface area contributed by atoms with Crippen LogP contribution in [0.5, 0.6) is 5.75 Å². The quantitative estimate of drug-likeness (QED) is 0.574. The summed E-state index contributed by atoms with van der Waals surface area (Å²) in [6.07, 6.45) is 0.719. The van der Waals surface area contributed by atoms with Crippen LogP contribution in [0.15, 0.2) is 47.8 Å². The van der Waals surface area contributed by atoms with Crippen molar-refractivity contribution in [2.24, 2.45) is 0 Å². The Morgan fingerprint density at radius 1 is 1.21 bits per heavy atom. The molecular weight excluding hydrogens is 368 g/mol. The molecule has 2 nitrogen and oxygen atoms in total. The number of fused-ring (bicyclic) bond motifs is 1. The van der Waals surface area contributed by atoms with Gasteiger partial charge in [-0.2, -0.15) is 0 Å². The Balaban J connectivity index is 0.00000208. The van der Waals surface area contributed by atoms with Crippen LogP contribution in [0, 0.1) is 5.82 Å². The highest BCUT2D eigenvalue weighted by Gasteiger charge is 2.17. The molecule has 3 aromatic rings. The standard InChI is InChI=1S/C18H17ClFNOS.ClH/c1-21-10-9-15(12-5-3-2-4-6-12)22-16-8-7-14(20)17-13(19)11-23-18(16)17;/h2-8,11,15,21H,9-10H2,1H3;1H/t15-;/m0./s1. The first kappa shape index (κ1) is 19.0. The Bertz CT molecular complexity index is 794. The fourth-order valence-corrected chi connectivity index (χ4v) is 3.80. The molecule has 6 heteroatoms. The van der Waals surface area contributed by atoms with Crippen molar-refractivity contribution >= 4 is 45.4 Å². The van der Waals surface area contributed by atoms with Gasteiger partial charge in [0.05, 0.1) is 15.1 Å². The van der Waals surface area contributed by atoms with Crippen molar-refractivity contribution in [3.8, 4) is 5.75 Å². The van der Waals surface area contributed by atoms with Crippen LogP contribution >= 0.6 is 35.3 Å². The van der Waals surface area contributed by atoms with E-state index in [1.165, 1.54) is 17.4 Å². The second kappa shape index (κ2) is 8.67. The molecule has 2 aromatic carbocycles. The summed E-state index contributed by atoms with van der Waals surface area (Å²) < 4.78 is 21.0. The number of ether oxygens (including phenoxy) is 1. The molecule has 0 saturated carbocycles. The molecule has 128 valence electrons. The van der Waals surface area contributed by atoms with Gasteiger partial charge in [0.25, 0.3) is 0 Å². The van der Waals surface area contributed by atoms with Gasteiger partial charge in [-0.1, -0.05) is 41.9 Å². The van der Waals surface area contributed by atoms with Crippen LogP contribution in [0.25, 0.3) is 10.1 Å². The number of rotatable bonds is 6. The van der Waals surface area contributed by atoms with Gasteiger partial charge in [0.1, 0.15) is 17.7 Å². The Hall–Kier alpha value is -1.33. The van der Waals surface area contributed by atoms with Crippen LogP contribution in [0.4, 0.5) is 4.39 Å². The number of benzene rings is 2. The summed E-state index contributed by atoms with van der Waals surface area (Å²) in [7, 11) is 1.91. The van der Waals surface area contributed by atoms with Gasteiger partial charge in [0.2, 0.25) is 0 Å². The maximum Gasteiger partial charge on any atom is 0.138 e. The SMILES string of the molecule is CNCC[C@H](Oc1ccc(F)c2c(Cl)csc12)c1ccccc1.Cl. The molecule has 0 amide bonds. The molecule has 0 aliphatic carbocycles. The minimum Gasteiger partial charge on any atom is -0.484 e. The normalized spacial score (nSPS) is 12.0. The van der Waals surface area contributed by atoms with E-state index in [0.29, 0.717) is 16.2 Å². The molecule has 0 saturated heterocycles. The second-order valence-corrected chi connectivity index (χ2v) is 6.53. The Labute approximate surface area is 156 Å². The molecule has 1 N–H and O–H groups in total. The summed E-state index contributed by atoms with van der Waals surface area (Å²) in [5, 5.41) is 5.76. The van der Waals surface area contributed by atoms with E-state index in [0.717, 1.165) is 23.2 Å². The lowest BCUT2D eigenvalue weighted by atomic mass is 10.1. The number of thiophene rings is 1. The zero-order valence-electron chi connectivity index (χ0n) is 13.1. The fraction of sp³-hybridized carbons (Fsp3) is 0.222. The van der Waals surface area contributed by atoms with Crippen LogP contribution in [0.2, 0.25) is 5.02 Å². The highest BCUT2D eigenvalue weighted by atomic mass is 35.5. The largest absolute Gasteiger partial charge is 0.484 e. The molecule has 1 heterocycles. The third-order valence-corrected chi connectivity index (χ3v) is 5.11. The fourth-order valence-electron chi connectivity index (χ4n) is 2.53. The Morgan fingerprint density at radius 2 is 1.96 bits per heavy atom. The van der Waals surface area contributed by atoms with Gasteiger partial charge in [0, 0.05) is 11.8 Å². The zero-order chi connectivity index (χ0) is 16.2. The number of halogens is 3. The average Bonchev–Trinajstić information content (AvgIpc) is 2.97. The van der Waals surface area contributed by atoms with Gasteiger partial charge >= 0.3 is 0 Å². The van der Waals surface area contributed by atoms with E-state index in [-0.39, 0.29) is 24.3 Å². The van der Waals surface area contributed by atoms with E-state index in [1.807, 2.05) is 37.4 Å². The van der Waals surface area contributed by atoms with E-state index in [1.54, 1.807) is 11.4 Å². The third-order valence-electron chi connectivity index (χ3n) is 3.69. The average molecular weight is 386 g/mol. The molecule has 0 aliphatic heterocycles. The lowest BCUT2D eigenvalue weighted by Gasteiger charge is -2.20. The molecule has 1 atom stereocenters. The zero-order valence-corrected chi connectivity index (χ0v) is 15.5. The Morgan fingerprint density at radius 3 is 2.67 bits per heavy atom. The van der Waals surface area contributed by atoms with Crippen LogP contribution in [0.1, 0.15) is 18.1 Å². The van der Waals surface area contributed by atoms with Gasteiger partial charge < -0.3 is 10.1 Å². The maximum absolute atomic E-state index is 14.0. The van der Waals surface area contributed by atoms with Crippen LogP contribution < -0.4 is 10.1 Å². The number of hydrogen-bond donors (Lipinski definition) is 1. The smallest absolute Gasteiger partial charge is 0.138 e. The third kappa shape index (κ3) is 4.01. The van der Waals surface area contributed by atoms with Crippen molar-refractivity contribution in [1.29, 1.82) is 0 Å². The highest BCUT2D eigenvalue weighted by Crippen LogP contribution is 2.40. The van der Waals surface area contributed by atoms with Gasteiger partial charge in [-0.3, -0.25) is 0 Å². The molecule has 1 aromatic heterocycles. The summed E-state index contributed by atoms with van der Waals surface area (Å²) in [5.41, 5.74) is 1.10. The monoisotopic (exact) mass is 385 g/mol. The molecule has 0 unspecified atom stereocenters. The summed E-state index contributed by atoms with van der Waals surface area (Å²) in [4.78, 5) is 0. The minimum absolute atomic E-state index is 0. The van der Waals surface area contributed by atoms with Gasteiger partial charge in [-0.25, -0.2) is 4.39 Å². The first-order chi connectivity index (χ1) is 11.2. The van der Waals surface area contributed by atoms with E-state index in [2.05, 4.69) is 5.32 Å². The van der Waals surface area contributed by atoms with Crippen molar-refractivity contribution in [2.45, 2.75) is 12.5 Å². The topological polar surface area (TPSA) is 21.3 Å². The molecule has 24 heavy (non-hydrogen) atoms. The van der Waals surface area contributed by atoms with Crippen molar-refractivity contribution in [1.82, 2.24) is 5.32 Å². The van der Waals surface area contributed by atoms with Crippen LogP contribution in [0.3, 0.4) is 0 Å². The van der Waals surface area contributed by atoms with Crippen LogP contribution in [-0.4, -0.2) is 13.6 Å².